The van der Waals surface area contributed by atoms with Gasteiger partial charge in [0.25, 0.3) is 41.4 Å². The normalized spacial score (nSPS) is 15.2. The van der Waals surface area contributed by atoms with Crippen LogP contribution in [0.1, 0.15) is 81.6 Å². The van der Waals surface area contributed by atoms with Gasteiger partial charge in [0.05, 0.1) is 160 Å². The first-order valence-corrected chi connectivity index (χ1v) is 34.0. The Bertz CT molecular complexity index is 1840. The quantitative estimate of drug-likeness (QED) is 0.0391. The Morgan fingerprint density at radius 2 is 0.869 bits per heavy atom. The Hall–Kier alpha value is -0.670. The molecule has 0 bridgehead atoms. The van der Waals surface area contributed by atoms with Crippen LogP contribution in [-0.2, 0) is 74.2 Å². The second kappa shape index (κ2) is 56.3. The molecular weight excluding hydrogens is 1210 g/mol. The molecule has 522 valence electrons. The number of aliphatic hydroxyl groups is 2. The van der Waals surface area contributed by atoms with Crippen molar-refractivity contribution in [3.05, 3.63) is 0 Å². The number of hydrogen-bond donors (Lipinski definition) is 5. The third-order valence-corrected chi connectivity index (χ3v) is 11.8. The van der Waals surface area contributed by atoms with Crippen LogP contribution in [0.3, 0.4) is 0 Å². The molecule has 84 heavy (non-hydrogen) atoms. The first-order chi connectivity index (χ1) is 36.6. The Morgan fingerprint density at radius 3 is 1.07 bits per heavy atom. The van der Waals surface area contributed by atoms with E-state index in [2.05, 4.69) is 119 Å². The lowest BCUT2D eigenvalue weighted by Gasteiger charge is -2.26. The molecule has 7 atom stereocenters. The van der Waals surface area contributed by atoms with Crippen molar-refractivity contribution >= 4 is 53.0 Å². The van der Waals surface area contributed by atoms with Crippen molar-refractivity contribution in [3.8, 4) is 0 Å². The average Bonchev–Trinajstić information content (AvgIpc) is 3.27. The van der Waals surface area contributed by atoms with Crippen molar-refractivity contribution < 1.29 is 140 Å². The predicted octanol–water partition coefficient (Wildman–Crippen LogP) is 0.0188. The van der Waals surface area contributed by atoms with Crippen molar-refractivity contribution in [2.75, 3.05) is 221 Å². The van der Waals surface area contributed by atoms with Gasteiger partial charge in [0.1, 0.15) is 44.7 Å². The van der Waals surface area contributed by atoms with Crippen molar-refractivity contribution in [1.29, 1.82) is 0 Å². The first kappa shape index (κ1) is 108. The maximum atomic E-state index is 10.7. The Labute approximate surface area is 511 Å². The molecule has 30 nitrogen and oxygen atoms in total. The number of carbonyl (C=O) groups excluding carboxylic acids is 2. The molecule has 0 saturated carbocycles. The highest BCUT2D eigenvalue weighted by molar-refractivity contribution is 7.85. The molecule has 0 aliphatic carbocycles. The van der Waals surface area contributed by atoms with Crippen molar-refractivity contribution in [2.45, 2.75) is 99.8 Å². The number of likely N-dealkylation sites (N-methyl/N-ethyl adjacent to an activating group) is 3. The number of quaternary nitrogens is 7. The Balaban J connectivity index is -0.0000000800. The number of nitrogens with zero attached hydrogens (tertiary/aromatic N) is 5. The molecular formula is C49H130N7O23P4S+3. The number of phosphoric ester groups is 4. The van der Waals surface area contributed by atoms with Gasteiger partial charge in [-0.15, -0.1) is 0 Å². The van der Waals surface area contributed by atoms with Gasteiger partial charge in [-0.25, -0.2) is 0 Å². The summed E-state index contributed by atoms with van der Waals surface area (Å²) in [5.41, 5.74) is 3.38. The van der Waals surface area contributed by atoms with Crippen LogP contribution in [0, 0.1) is 0 Å². The molecule has 7 unspecified atom stereocenters. The summed E-state index contributed by atoms with van der Waals surface area (Å²) in [5, 5.41) is 18.0. The van der Waals surface area contributed by atoms with Crippen LogP contribution < -0.4 is 30.2 Å². The predicted molar refractivity (Wildman–Crippen MR) is 327 cm³/mol. The highest BCUT2D eigenvalue weighted by Gasteiger charge is 2.21. The number of rotatable bonds is 28. The van der Waals surface area contributed by atoms with E-state index in [1.807, 2.05) is 84.2 Å². The molecule has 0 rings (SSSR count). The van der Waals surface area contributed by atoms with E-state index in [-0.39, 0.29) is 45.4 Å². The van der Waals surface area contributed by atoms with Gasteiger partial charge in [0, 0.05) is 42.3 Å². The molecule has 0 aromatic carbocycles. The molecule has 0 aliphatic rings. The molecule has 35 heteroatoms. The largest absolute Gasteiger partial charge is 0.756 e. The monoisotopic (exact) mass is 1340 g/mol. The number of Topliss-reactive ketones (excluding diaryl/α,β-unsaturated/α-hetero) is 2. The fourth-order valence-electron chi connectivity index (χ4n) is 3.66. The van der Waals surface area contributed by atoms with Crippen LogP contribution in [0.15, 0.2) is 0 Å². The maximum absolute atomic E-state index is 10.7. The topological polar surface area (TPSA) is 395 Å². The second-order valence-electron chi connectivity index (χ2n) is 23.7. The van der Waals surface area contributed by atoms with Gasteiger partial charge in [0.2, 0.25) is 0 Å². The zero-order chi connectivity index (χ0) is 69.3. The minimum atomic E-state index is -4.21. The summed E-state index contributed by atoms with van der Waals surface area (Å²) >= 11 is 0. The summed E-state index contributed by atoms with van der Waals surface area (Å²) < 4.78 is 109. The lowest BCUT2D eigenvalue weighted by Crippen LogP contribution is -3.02. The van der Waals surface area contributed by atoms with E-state index in [0.29, 0.717) is 41.4 Å². The van der Waals surface area contributed by atoms with Gasteiger partial charge >= 0.3 is 0 Å². The van der Waals surface area contributed by atoms with Gasteiger partial charge in [-0.3, -0.25) is 32.4 Å². The molecule has 0 fully saturated rings. The SMILES string of the molecule is C.CC.CC(=O)C[N+](C)(C)C.CCC(O)COP(=O)([O-])OC.CCCC[N+](C)(C)C.CCCOP(=O)([O-])OC.COP(=O)([O-])OCC([NH3+])C(C)=O.COP(=O)([O-])OCC[N+](C)(C)C.C[N+](C)(C)C.C[N+](C)(C)CC(O)CS(=O)(=O)O.C[NH+](C)C. The molecule has 7 N–H and O–H groups in total. The third-order valence-electron chi connectivity index (χ3n) is 7.31. The number of unbranched alkanes of at least 4 members (excludes halogenated alkanes) is 1. The van der Waals surface area contributed by atoms with Gasteiger partial charge in [0.15, 0.2) is 17.6 Å². The van der Waals surface area contributed by atoms with Gasteiger partial charge in [-0.1, -0.05) is 48.5 Å². The molecule has 0 saturated heterocycles. The van der Waals surface area contributed by atoms with E-state index in [1.165, 1.54) is 31.2 Å². The minimum Gasteiger partial charge on any atom is -0.756 e. The van der Waals surface area contributed by atoms with Crippen LogP contribution in [-0.4, -0.2) is 296 Å². The van der Waals surface area contributed by atoms with Crippen LogP contribution in [0.4, 0.5) is 0 Å². The maximum Gasteiger partial charge on any atom is 0.267 e. The fraction of sp³-hybridized carbons (Fsp3) is 0.959. The molecule has 0 aromatic rings. The van der Waals surface area contributed by atoms with Crippen LogP contribution in [0.25, 0.3) is 0 Å². The summed E-state index contributed by atoms with van der Waals surface area (Å²) in [5.74, 6) is -0.577. The van der Waals surface area contributed by atoms with E-state index >= 15 is 0 Å². The van der Waals surface area contributed by atoms with Crippen molar-refractivity contribution in [2.24, 2.45) is 0 Å². The van der Waals surface area contributed by atoms with Gasteiger partial charge < -0.3 is 99.0 Å². The minimum absolute atomic E-state index is 0. The van der Waals surface area contributed by atoms with Crippen molar-refractivity contribution in [3.63, 3.8) is 0 Å². The number of nitrogens with one attached hydrogen (secondary N) is 1. The molecule has 0 radical (unpaired) electrons. The standard InChI is InChI=1S/C7H18N.C6H16NO4P.C6H15NO4S.C6H14NO.C5H12NO5P.C5H13O5P.C4H12N.C4H11O4P.C3H9N.C2H6.CH4/c1-5-6-7-8(2,3)4;1-7(2,3)5-6-11-12(8,9)10-4;1-7(2,3)4-6(8)5-12(9,10)11;1-6(8)5-7(2,3)4;1-4(7)5(6)3-11-12(8,9)10-2;1-3-5(6)4-10-11(7,8)9-2;1-5(2,3)4;1-3-4-8-9(5,6)7-2;1-4(2)3;1-2;/h5-7H2,1-4H3;5-6H2,1-4H3;6,8H,4-5H2,1-3H3;5H2,1-4H3;5H,3,6H2,1-2H3,(H,8,9);5-6H,3-4H2,1-2H3,(H,7,8);1-4H3;3-4H2,1-2H3,(H,5,6);1-3H3;1-2H3;1H4/q+1;;;+1;;;+1;;;;. The van der Waals surface area contributed by atoms with E-state index < -0.39 is 65.4 Å². The first-order valence-electron chi connectivity index (χ1n) is 26.6. The fourth-order valence-corrected chi connectivity index (χ4v) is 6.10. The summed E-state index contributed by atoms with van der Waals surface area (Å²) in [4.78, 5) is 64.5. The van der Waals surface area contributed by atoms with Crippen LogP contribution >= 0.6 is 31.3 Å². The summed E-state index contributed by atoms with van der Waals surface area (Å²) in [6, 6.07) is -0.678. The number of phosphoric acid groups is 4. The van der Waals surface area contributed by atoms with Crippen LogP contribution in [0.5, 0.6) is 0 Å². The third kappa shape index (κ3) is 135. The molecule has 0 aliphatic heterocycles. The molecule has 0 heterocycles. The molecule has 0 aromatic heterocycles. The second-order valence-corrected chi connectivity index (χ2v) is 31.3. The number of aliphatic hydroxyl groups excluding tert-OH is 2. The number of carbonyl (C=O) groups is 2. The van der Waals surface area contributed by atoms with Gasteiger partial charge in [-0.05, 0) is 19.3 Å². The molecule has 0 amide bonds. The van der Waals surface area contributed by atoms with E-state index in [0.717, 1.165) is 41.9 Å². The summed E-state index contributed by atoms with van der Waals surface area (Å²) in [6.07, 6.45) is 2.01. The zero-order valence-corrected chi connectivity index (χ0v) is 61.5. The lowest BCUT2D eigenvalue weighted by molar-refractivity contribution is -0.873. The highest BCUT2D eigenvalue weighted by atomic mass is 32.2. The summed E-state index contributed by atoms with van der Waals surface area (Å²) in [6.45, 7) is 15.3. The summed E-state index contributed by atoms with van der Waals surface area (Å²) in [7, 11) is 22.6. The Morgan fingerprint density at radius 1 is 0.560 bits per heavy atom. The zero-order valence-electron chi connectivity index (χ0n) is 57.1. The highest BCUT2D eigenvalue weighted by Crippen LogP contribution is 2.38. The average molecular weight is 1340 g/mol. The van der Waals surface area contributed by atoms with E-state index in [4.69, 9.17) is 14.8 Å². The van der Waals surface area contributed by atoms with Crippen molar-refractivity contribution in [1.82, 2.24) is 0 Å². The smallest absolute Gasteiger partial charge is 0.267 e. The van der Waals surface area contributed by atoms with Gasteiger partial charge in [-0.2, -0.15) is 8.42 Å². The van der Waals surface area contributed by atoms with E-state index in [9.17, 15) is 55.8 Å². The number of hydrogen-bond acceptors (Lipinski definition) is 22. The lowest BCUT2D eigenvalue weighted by atomic mass is 10.2. The van der Waals surface area contributed by atoms with E-state index in [1.54, 1.807) is 13.8 Å². The Kier molecular flexibility index (Phi) is 72.4. The van der Waals surface area contributed by atoms with Crippen LogP contribution in [0.2, 0.25) is 0 Å². The number of ketones is 2. The molecule has 0 spiro atoms.